The molecule has 4 heteroatoms. The molecular weight excluding hydrogens is 395 g/mol. The van der Waals surface area contributed by atoms with Crippen LogP contribution < -0.4 is 4.65 Å². The monoisotopic (exact) mass is 416 g/mol. The van der Waals surface area contributed by atoms with Gasteiger partial charge in [-0.25, -0.2) is 0 Å². The zero-order chi connectivity index (χ0) is 21.9. The van der Waals surface area contributed by atoms with E-state index in [0.29, 0.717) is 5.75 Å². The number of hydrogen-bond donors (Lipinski definition) is 2. The van der Waals surface area contributed by atoms with Crippen LogP contribution in [0.1, 0.15) is 0 Å². The summed E-state index contributed by atoms with van der Waals surface area (Å²) in [6.07, 6.45) is 0. The molecule has 0 aliphatic carbocycles. The summed E-state index contributed by atoms with van der Waals surface area (Å²) in [6.45, 7) is 0. The lowest BCUT2D eigenvalue weighted by Gasteiger charge is -2.19. The van der Waals surface area contributed by atoms with Crippen molar-refractivity contribution in [1.29, 1.82) is 0 Å². The first-order valence-corrected chi connectivity index (χ1v) is 10.5. The van der Waals surface area contributed by atoms with E-state index in [1.807, 2.05) is 78.9 Å². The van der Waals surface area contributed by atoms with Gasteiger partial charge in [-0.05, 0) is 39.4 Å². The van der Waals surface area contributed by atoms with Crippen molar-refractivity contribution in [2.24, 2.45) is 0 Å². The average Bonchev–Trinajstić information content (AvgIpc) is 2.85. The number of fused-ring (bicyclic) bond motifs is 1. The Kier molecular flexibility index (Phi) is 5.47. The fourth-order valence-electron chi connectivity index (χ4n) is 4.25. The zero-order valence-electron chi connectivity index (χ0n) is 17.3. The third kappa shape index (κ3) is 3.78. The fraction of sp³-hybridized carbons (Fsp3) is 0. The molecule has 0 radical (unpaired) electrons. The van der Waals surface area contributed by atoms with Crippen LogP contribution in [0.15, 0.2) is 115 Å². The van der Waals surface area contributed by atoms with Gasteiger partial charge in [0.1, 0.15) is 5.75 Å². The van der Waals surface area contributed by atoms with E-state index in [1.165, 1.54) is 0 Å². The van der Waals surface area contributed by atoms with E-state index in [4.69, 9.17) is 4.65 Å². The Morgan fingerprint density at radius 1 is 0.438 bits per heavy atom. The van der Waals surface area contributed by atoms with Crippen LogP contribution in [0.4, 0.5) is 0 Å². The van der Waals surface area contributed by atoms with E-state index in [2.05, 4.69) is 36.4 Å². The van der Waals surface area contributed by atoms with Crippen LogP contribution >= 0.6 is 0 Å². The van der Waals surface area contributed by atoms with E-state index < -0.39 is 7.32 Å². The first kappa shape index (κ1) is 20.1. The lowest BCUT2D eigenvalue weighted by atomic mass is 9.87. The number of benzene rings is 5. The van der Waals surface area contributed by atoms with Gasteiger partial charge in [-0.2, -0.15) is 0 Å². The normalized spacial score (nSPS) is 10.8. The van der Waals surface area contributed by atoms with Gasteiger partial charge in [0.05, 0.1) is 0 Å². The summed E-state index contributed by atoms with van der Waals surface area (Å²) in [5, 5.41) is 21.1. The van der Waals surface area contributed by atoms with Crippen molar-refractivity contribution in [3.63, 3.8) is 0 Å². The Hall–Kier alpha value is -3.86. The lowest BCUT2D eigenvalue weighted by Crippen LogP contribution is -2.20. The highest BCUT2D eigenvalue weighted by Crippen LogP contribution is 2.45. The molecule has 0 aliphatic rings. The minimum Gasteiger partial charge on any atom is -0.511 e. The van der Waals surface area contributed by atoms with Crippen LogP contribution in [0, 0.1) is 0 Å². The molecule has 2 N–H and O–H groups in total. The molecule has 0 aliphatic heterocycles. The van der Waals surface area contributed by atoms with Gasteiger partial charge in [-0.3, -0.25) is 0 Å². The minimum atomic E-state index is -1.91. The Morgan fingerprint density at radius 2 is 0.812 bits per heavy atom. The molecule has 0 saturated carbocycles. The van der Waals surface area contributed by atoms with E-state index in [9.17, 15) is 10.0 Å². The van der Waals surface area contributed by atoms with E-state index in [1.54, 1.807) is 0 Å². The molecule has 0 aromatic heterocycles. The molecule has 5 aromatic carbocycles. The maximum atomic E-state index is 9.63. The lowest BCUT2D eigenvalue weighted by molar-refractivity contribution is 0.289. The predicted molar refractivity (Wildman–Crippen MR) is 131 cm³/mol. The Bertz CT molecular complexity index is 1310. The van der Waals surface area contributed by atoms with Gasteiger partial charge in [-0.15, -0.1) is 0 Å². The first-order valence-electron chi connectivity index (χ1n) is 10.5. The molecule has 0 saturated heterocycles. The van der Waals surface area contributed by atoms with Crippen molar-refractivity contribution in [3.8, 4) is 39.1 Å². The fourth-order valence-corrected chi connectivity index (χ4v) is 4.25. The molecule has 0 fully saturated rings. The average molecular weight is 416 g/mol. The summed E-state index contributed by atoms with van der Waals surface area (Å²) in [5.74, 6) is 0.423. The van der Waals surface area contributed by atoms with Crippen molar-refractivity contribution < 1.29 is 14.7 Å². The molecule has 32 heavy (non-hydrogen) atoms. The topological polar surface area (TPSA) is 49.7 Å². The molecule has 0 bridgehead atoms. The quantitative estimate of drug-likeness (QED) is 0.336. The molecule has 5 aromatic rings. The maximum Gasteiger partial charge on any atom is 0.707 e. The van der Waals surface area contributed by atoms with Crippen LogP contribution in [0.3, 0.4) is 0 Å². The summed E-state index contributed by atoms with van der Waals surface area (Å²) in [4.78, 5) is 0. The van der Waals surface area contributed by atoms with Crippen LogP contribution in [0.25, 0.3) is 44.2 Å². The molecule has 5 rings (SSSR count). The van der Waals surface area contributed by atoms with Gasteiger partial charge in [-0.1, -0.05) is 109 Å². The second-order valence-electron chi connectivity index (χ2n) is 7.56. The van der Waals surface area contributed by atoms with Crippen molar-refractivity contribution in [3.05, 3.63) is 115 Å². The Labute approximate surface area is 187 Å². The second kappa shape index (κ2) is 8.71. The third-order valence-electron chi connectivity index (χ3n) is 5.61. The highest BCUT2D eigenvalue weighted by atomic mass is 16.6. The standard InChI is InChI=1S/C28H21BO3/c30-29(31)32-26-19-18-24(21-12-6-2-7-13-21)27-23(20-10-4-1-5-11-20)16-17-25(28(26)27)22-14-8-3-9-15-22/h1-19,30-31H. The molecule has 0 spiro atoms. The van der Waals surface area contributed by atoms with Gasteiger partial charge in [0.15, 0.2) is 0 Å². The molecule has 0 atom stereocenters. The highest BCUT2D eigenvalue weighted by Gasteiger charge is 2.21. The molecular formula is C28H21BO3. The molecule has 0 heterocycles. The summed E-state index contributed by atoms with van der Waals surface area (Å²) in [5.41, 5.74) is 6.26. The summed E-state index contributed by atoms with van der Waals surface area (Å²) in [7, 11) is -1.91. The second-order valence-corrected chi connectivity index (χ2v) is 7.56. The van der Waals surface area contributed by atoms with E-state index >= 15 is 0 Å². The van der Waals surface area contributed by atoms with Crippen LogP contribution in [-0.4, -0.2) is 17.4 Å². The van der Waals surface area contributed by atoms with E-state index in [-0.39, 0.29) is 0 Å². The molecule has 3 nitrogen and oxygen atoms in total. The summed E-state index contributed by atoms with van der Waals surface area (Å²) >= 11 is 0. The van der Waals surface area contributed by atoms with Gasteiger partial charge < -0.3 is 14.7 Å². The Balaban J connectivity index is 1.93. The van der Waals surface area contributed by atoms with Gasteiger partial charge in [0, 0.05) is 10.8 Å². The predicted octanol–water partition coefficient (Wildman–Crippen LogP) is 6.19. The maximum absolute atomic E-state index is 9.63. The Morgan fingerprint density at radius 3 is 1.22 bits per heavy atom. The van der Waals surface area contributed by atoms with Crippen LogP contribution in [-0.2, 0) is 0 Å². The van der Waals surface area contributed by atoms with Crippen molar-refractivity contribution in [2.75, 3.05) is 0 Å². The number of hydrogen-bond acceptors (Lipinski definition) is 3. The van der Waals surface area contributed by atoms with Crippen LogP contribution in [0.2, 0.25) is 0 Å². The van der Waals surface area contributed by atoms with Crippen molar-refractivity contribution >= 4 is 18.1 Å². The first-order chi connectivity index (χ1) is 15.7. The SMILES string of the molecule is OB(O)Oc1ccc(-c2ccccc2)c2c(-c3ccccc3)ccc(-c3ccccc3)c12. The largest absolute Gasteiger partial charge is 0.707 e. The minimum absolute atomic E-state index is 0.423. The van der Waals surface area contributed by atoms with E-state index in [0.717, 1.165) is 44.2 Å². The molecule has 154 valence electrons. The summed E-state index contributed by atoms with van der Waals surface area (Å²) < 4.78 is 5.48. The molecule has 0 amide bonds. The zero-order valence-corrected chi connectivity index (χ0v) is 17.3. The number of rotatable bonds is 5. The van der Waals surface area contributed by atoms with Gasteiger partial charge >= 0.3 is 7.32 Å². The van der Waals surface area contributed by atoms with Gasteiger partial charge in [0.2, 0.25) is 0 Å². The third-order valence-corrected chi connectivity index (χ3v) is 5.61. The smallest absolute Gasteiger partial charge is 0.511 e. The highest BCUT2D eigenvalue weighted by molar-refractivity contribution is 6.34. The van der Waals surface area contributed by atoms with Gasteiger partial charge in [0.25, 0.3) is 0 Å². The molecule has 0 unspecified atom stereocenters. The summed E-state index contributed by atoms with van der Waals surface area (Å²) in [6, 6.07) is 38.5. The van der Waals surface area contributed by atoms with Crippen LogP contribution in [0.5, 0.6) is 5.75 Å². The van der Waals surface area contributed by atoms with Crippen molar-refractivity contribution in [2.45, 2.75) is 0 Å². The van der Waals surface area contributed by atoms with Crippen molar-refractivity contribution in [1.82, 2.24) is 0 Å².